The van der Waals surface area contributed by atoms with Crippen LogP contribution in [0.4, 0.5) is 0 Å². The maximum Gasteiger partial charge on any atom is 0.234 e. The van der Waals surface area contributed by atoms with Gasteiger partial charge >= 0.3 is 0 Å². The fraction of sp³-hybridized carbons (Fsp3) is 0.667. The Hall–Kier alpha value is -0.200. The van der Waals surface area contributed by atoms with Crippen LogP contribution < -0.4 is 0 Å². The second-order valence-electron chi connectivity index (χ2n) is 2.16. The first-order chi connectivity index (χ1) is 5.54. The Morgan fingerprint density at radius 1 is 1.42 bits per heavy atom. The lowest BCUT2D eigenvalue weighted by Crippen LogP contribution is -2.43. The van der Waals surface area contributed by atoms with Crippen molar-refractivity contribution in [1.29, 1.82) is 0 Å². The zero-order valence-electron chi connectivity index (χ0n) is 6.60. The summed E-state index contributed by atoms with van der Waals surface area (Å²) in [5.74, 6) is -1.03. The smallest absolute Gasteiger partial charge is 0.234 e. The van der Waals surface area contributed by atoms with Gasteiger partial charge in [0.25, 0.3) is 0 Å². The fourth-order valence-electron chi connectivity index (χ4n) is 0.546. The molecule has 0 spiro atoms. The molecule has 0 aliphatic rings. The summed E-state index contributed by atoms with van der Waals surface area (Å²) >= 11 is 7.39. The molecule has 1 atom stereocenters. The molecule has 0 heterocycles. The van der Waals surface area contributed by atoms with Crippen LogP contribution in [-0.2, 0) is 9.59 Å². The van der Waals surface area contributed by atoms with Crippen LogP contribution in [0.2, 0.25) is 0 Å². The number of aliphatic hydroxyl groups excluding tert-OH is 1. The summed E-state index contributed by atoms with van der Waals surface area (Å²) in [6.45, 7) is 0. The van der Waals surface area contributed by atoms with Gasteiger partial charge in [0.05, 0.1) is 11.5 Å². The van der Waals surface area contributed by atoms with Gasteiger partial charge in [0.1, 0.15) is 0 Å². The summed E-state index contributed by atoms with van der Waals surface area (Å²) in [4.78, 5) is 22.7. The molecule has 0 rings (SSSR count). The van der Waals surface area contributed by atoms with Crippen LogP contribution in [0.1, 0.15) is 0 Å². The van der Waals surface area contributed by atoms with Gasteiger partial charge in [0.15, 0.2) is 12.0 Å². The van der Waals surface area contributed by atoms with Crippen molar-refractivity contribution in [2.24, 2.45) is 0 Å². The second kappa shape index (κ2) is 5.45. The third-order valence-electron chi connectivity index (χ3n) is 1.34. The Bertz CT molecular complexity index is 166. The van der Waals surface area contributed by atoms with E-state index in [1.807, 2.05) is 0 Å². The second-order valence-corrected chi connectivity index (χ2v) is 2.79. The van der Waals surface area contributed by atoms with Crippen molar-refractivity contribution in [1.82, 2.24) is 4.90 Å². The van der Waals surface area contributed by atoms with Crippen molar-refractivity contribution in [3.05, 3.63) is 0 Å². The largest absolute Gasteiger partial charge is 0.367 e. The quantitative estimate of drug-likeness (QED) is 0.419. The molecule has 0 fully saturated rings. The van der Waals surface area contributed by atoms with Gasteiger partial charge in [-0.1, -0.05) is 0 Å². The standard InChI is InChI=1S/C6H11NO3S2/c1-7(5(9)3-12)6(10)4(8)2-11/h6,10-12H,2-3H2,1H3. The van der Waals surface area contributed by atoms with E-state index in [-0.39, 0.29) is 11.5 Å². The van der Waals surface area contributed by atoms with Gasteiger partial charge in [-0.15, -0.1) is 0 Å². The average molecular weight is 209 g/mol. The van der Waals surface area contributed by atoms with Crippen LogP contribution >= 0.6 is 25.3 Å². The highest BCUT2D eigenvalue weighted by atomic mass is 32.1. The first-order valence-corrected chi connectivity index (χ1v) is 4.49. The Kier molecular flexibility index (Phi) is 5.36. The third kappa shape index (κ3) is 3.04. The van der Waals surface area contributed by atoms with Crippen molar-refractivity contribution in [2.75, 3.05) is 18.6 Å². The van der Waals surface area contributed by atoms with Crippen LogP contribution in [0, 0.1) is 0 Å². The highest BCUT2D eigenvalue weighted by Crippen LogP contribution is 1.97. The van der Waals surface area contributed by atoms with E-state index in [9.17, 15) is 9.59 Å². The summed E-state index contributed by atoms with van der Waals surface area (Å²) in [5.41, 5.74) is 0. The summed E-state index contributed by atoms with van der Waals surface area (Å²) in [7, 11) is 1.34. The SMILES string of the molecule is CN(C(=O)CS)C(O)C(=O)CS. The lowest BCUT2D eigenvalue weighted by atomic mass is 10.3. The number of carbonyl (C=O) groups excluding carboxylic acids is 2. The molecule has 1 unspecified atom stereocenters. The molecular weight excluding hydrogens is 198 g/mol. The summed E-state index contributed by atoms with van der Waals surface area (Å²) in [5, 5.41) is 9.16. The van der Waals surface area contributed by atoms with Crippen molar-refractivity contribution in [3.8, 4) is 0 Å². The topological polar surface area (TPSA) is 57.6 Å². The molecule has 4 nitrogen and oxygen atoms in total. The van der Waals surface area contributed by atoms with Crippen LogP contribution in [-0.4, -0.2) is 46.5 Å². The number of likely N-dealkylation sites (N-methyl/N-ethyl adjacent to an activating group) is 1. The summed E-state index contributed by atoms with van der Waals surface area (Å²) < 4.78 is 0. The molecule has 12 heavy (non-hydrogen) atoms. The Balaban J connectivity index is 4.18. The molecule has 0 aliphatic carbocycles. The van der Waals surface area contributed by atoms with Crippen LogP contribution in [0.15, 0.2) is 0 Å². The number of aliphatic hydroxyl groups is 1. The molecule has 1 N–H and O–H groups in total. The molecule has 0 bridgehead atoms. The number of hydrogen-bond donors (Lipinski definition) is 3. The summed E-state index contributed by atoms with van der Waals surface area (Å²) in [6.07, 6.45) is -1.40. The molecule has 0 saturated carbocycles. The minimum atomic E-state index is -1.40. The predicted octanol–water partition coefficient (Wildman–Crippen LogP) is -0.808. The number of nitrogens with zero attached hydrogens (tertiary/aromatic N) is 1. The molecule has 70 valence electrons. The van der Waals surface area contributed by atoms with Crippen molar-refractivity contribution < 1.29 is 14.7 Å². The van der Waals surface area contributed by atoms with Gasteiger partial charge in [-0.3, -0.25) is 9.59 Å². The zero-order chi connectivity index (χ0) is 9.72. The van der Waals surface area contributed by atoms with E-state index in [2.05, 4.69) is 25.3 Å². The van der Waals surface area contributed by atoms with Gasteiger partial charge in [-0.25, -0.2) is 0 Å². The van der Waals surface area contributed by atoms with Gasteiger partial charge in [-0.05, 0) is 0 Å². The molecule has 0 aliphatic heterocycles. The van der Waals surface area contributed by atoms with E-state index in [1.54, 1.807) is 0 Å². The van der Waals surface area contributed by atoms with Crippen molar-refractivity contribution >= 4 is 36.9 Å². The number of hydrogen-bond acceptors (Lipinski definition) is 5. The molecule has 0 radical (unpaired) electrons. The van der Waals surface area contributed by atoms with E-state index in [0.717, 1.165) is 4.90 Å². The monoisotopic (exact) mass is 209 g/mol. The first kappa shape index (κ1) is 11.8. The van der Waals surface area contributed by atoms with Gasteiger partial charge in [0, 0.05) is 7.05 Å². The van der Waals surface area contributed by atoms with E-state index >= 15 is 0 Å². The first-order valence-electron chi connectivity index (χ1n) is 3.22. The molecule has 0 aromatic heterocycles. The van der Waals surface area contributed by atoms with Crippen LogP contribution in [0.3, 0.4) is 0 Å². The van der Waals surface area contributed by atoms with Gasteiger partial charge in [0.2, 0.25) is 5.91 Å². The van der Waals surface area contributed by atoms with Gasteiger partial charge in [-0.2, -0.15) is 25.3 Å². The minimum absolute atomic E-state index is 0.0343. The van der Waals surface area contributed by atoms with E-state index in [1.165, 1.54) is 7.05 Å². The van der Waals surface area contributed by atoms with Crippen LogP contribution in [0.5, 0.6) is 0 Å². The predicted molar refractivity (Wildman–Crippen MR) is 51.5 cm³/mol. The number of amides is 1. The van der Waals surface area contributed by atoms with Crippen molar-refractivity contribution in [2.45, 2.75) is 6.23 Å². The normalized spacial score (nSPS) is 12.3. The molecule has 0 aromatic carbocycles. The molecule has 0 saturated heterocycles. The number of ketones is 1. The Morgan fingerprint density at radius 2 is 1.92 bits per heavy atom. The molecule has 6 heteroatoms. The molecule has 0 aromatic rings. The highest BCUT2D eigenvalue weighted by molar-refractivity contribution is 7.81. The van der Waals surface area contributed by atoms with Gasteiger partial charge < -0.3 is 10.0 Å². The maximum absolute atomic E-state index is 10.9. The lowest BCUT2D eigenvalue weighted by molar-refractivity contribution is -0.146. The maximum atomic E-state index is 10.9. The molecule has 1 amide bonds. The zero-order valence-corrected chi connectivity index (χ0v) is 8.39. The number of thiol groups is 2. The minimum Gasteiger partial charge on any atom is -0.367 e. The molecular formula is C6H11NO3S2. The fourth-order valence-corrected chi connectivity index (χ4v) is 0.932. The third-order valence-corrected chi connectivity index (χ3v) is 1.92. The summed E-state index contributed by atoms with van der Waals surface area (Å²) in [6, 6.07) is 0. The number of Topliss-reactive ketones (excluding diaryl/α,β-unsaturated/α-hetero) is 1. The van der Waals surface area contributed by atoms with E-state index < -0.39 is 17.9 Å². The lowest BCUT2D eigenvalue weighted by Gasteiger charge is -2.20. The Morgan fingerprint density at radius 3 is 2.25 bits per heavy atom. The Labute approximate surface area is 81.8 Å². The van der Waals surface area contributed by atoms with Crippen molar-refractivity contribution in [3.63, 3.8) is 0 Å². The number of carbonyl (C=O) groups is 2. The van der Waals surface area contributed by atoms with E-state index in [4.69, 9.17) is 5.11 Å². The number of rotatable bonds is 4. The average Bonchev–Trinajstić information content (AvgIpc) is 2.12. The van der Waals surface area contributed by atoms with Crippen LogP contribution in [0.25, 0.3) is 0 Å². The van der Waals surface area contributed by atoms with E-state index in [0.29, 0.717) is 0 Å². The highest BCUT2D eigenvalue weighted by Gasteiger charge is 2.21.